The molecule has 4 rings (SSSR count). The highest BCUT2D eigenvalue weighted by Crippen LogP contribution is 2.32. The van der Waals surface area contributed by atoms with Crippen LogP contribution in [0.25, 0.3) is 10.8 Å². The van der Waals surface area contributed by atoms with Gasteiger partial charge in [-0.3, -0.25) is 9.69 Å². The lowest BCUT2D eigenvalue weighted by molar-refractivity contribution is -0.131. The van der Waals surface area contributed by atoms with Crippen LogP contribution in [0.15, 0.2) is 66.7 Å². The average Bonchev–Trinajstić information content (AvgIpc) is 2.92. The lowest BCUT2D eigenvalue weighted by Gasteiger charge is -2.22. The van der Waals surface area contributed by atoms with Crippen LogP contribution in [0.1, 0.15) is 18.1 Å². The minimum absolute atomic E-state index is 0.0169. The number of alkyl halides is 2. The standard InChI is InChI=1S/C22H18F2N2O3/c1-22(16-9-11-17(12-10-16)29-20(23)24)19(27)26(21(28)25-22)13-15-7-4-6-14-5-2-3-8-18(14)15/h2-12,20H,13H2,1H3,(H,25,28). The number of urea groups is 1. The topological polar surface area (TPSA) is 58.6 Å². The smallest absolute Gasteiger partial charge is 0.387 e. The van der Waals surface area contributed by atoms with E-state index >= 15 is 0 Å². The molecule has 0 aromatic heterocycles. The molecule has 1 heterocycles. The first-order chi connectivity index (χ1) is 13.9. The molecule has 1 fully saturated rings. The number of rotatable bonds is 5. The molecule has 7 heteroatoms. The third-order valence-corrected chi connectivity index (χ3v) is 5.14. The second-order valence-corrected chi connectivity index (χ2v) is 6.99. The Morgan fingerprint density at radius 1 is 1.00 bits per heavy atom. The number of imide groups is 1. The fourth-order valence-electron chi connectivity index (χ4n) is 3.61. The molecular weight excluding hydrogens is 378 g/mol. The number of benzene rings is 3. The summed E-state index contributed by atoms with van der Waals surface area (Å²) in [5.41, 5.74) is 0.0554. The number of hydrogen-bond acceptors (Lipinski definition) is 3. The van der Waals surface area contributed by atoms with Gasteiger partial charge in [0.2, 0.25) is 0 Å². The van der Waals surface area contributed by atoms with Crippen LogP contribution in [0.5, 0.6) is 5.75 Å². The van der Waals surface area contributed by atoms with Gasteiger partial charge in [-0.1, -0.05) is 54.6 Å². The highest BCUT2D eigenvalue weighted by Gasteiger charge is 2.48. The Kier molecular flexibility index (Phi) is 4.66. The molecule has 0 spiro atoms. The van der Waals surface area contributed by atoms with Crippen molar-refractivity contribution in [3.05, 3.63) is 77.9 Å². The van der Waals surface area contributed by atoms with E-state index in [2.05, 4.69) is 10.1 Å². The average molecular weight is 396 g/mol. The minimum Gasteiger partial charge on any atom is -0.435 e. The summed E-state index contributed by atoms with van der Waals surface area (Å²) < 4.78 is 29.0. The van der Waals surface area contributed by atoms with Gasteiger partial charge in [0.05, 0.1) is 6.54 Å². The number of carbonyl (C=O) groups is 2. The summed E-state index contributed by atoms with van der Waals surface area (Å²) >= 11 is 0. The Labute approximate surface area is 165 Å². The summed E-state index contributed by atoms with van der Waals surface area (Å²) in [6, 6.07) is 18.7. The maximum absolute atomic E-state index is 13.1. The van der Waals surface area contributed by atoms with E-state index in [0.29, 0.717) is 5.56 Å². The molecule has 29 heavy (non-hydrogen) atoms. The van der Waals surface area contributed by atoms with Crippen LogP contribution >= 0.6 is 0 Å². The van der Waals surface area contributed by atoms with E-state index in [4.69, 9.17) is 0 Å². The molecule has 0 radical (unpaired) electrons. The zero-order chi connectivity index (χ0) is 20.6. The first-order valence-corrected chi connectivity index (χ1v) is 9.04. The van der Waals surface area contributed by atoms with Crippen LogP contribution < -0.4 is 10.1 Å². The summed E-state index contributed by atoms with van der Waals surface area (Å²) in [7, 11) is 0. The molecule has 1 unspecified atom stereocenters. The summed E-state index contributed by atoms with van der Waals surface area (Å²) in [6.45, 7) is -1.20. The Morgan fingerprint density at radius 3 is 2.41 bits per heavy atom. The molecule has 1 saturated heterocycles. The van der Waals surface area contributed by atoms with Crippen molar-refractivity contribution < 1.29 is 23.1 Å². The summed E-state index contributed by atoms with van der Waals surface area (Å²) in [5.74, 6) is -0.422. The SMILES string of the molecule is CC1(c2ccc(OC(F)F)cc2)NC(=O)N(Cc2cccc3ccccc23)C1=O. The lowest BCUT2D eigenvalue weighted by Crippen LogP contribution is -2.40. The molecule has 3 amide bonds. The van der Waals surface area contributed by atoms with Crippen molar-refractivity contribution in [1.82, 2.24) is 10.2 Å². The number of fused-ring (bicyclic) bond motifs is 1. The van der Waals surface area contributed by atoms with Gasteiger partial charge in [-0.2, -0.15) is 8.78 Å². The van der Waals surface area contributed by atoms with Crippen molar-refractivity contribution in [2.45, 2.75) is 25.6 Å². The molecule has 1 aliphatic heterocycles. The molecule has 3 aromatic carbocycles. The van der Waals surface area contributed by atoms with Crippen molar-refractivity contribution in [2.24, 2.45) is 0 Å². The van der Waals surface area contributed by atoms with Crippen LogP contribution in [0, 0.1) is 0 Å². The first kappa shape index (κ1) is 18.9. The lowest BCUT2D eigenvalue weighted by atomic mass is 9.92. The second kappa shape index (κ2) is 7.16. The predicted molar refractivity (Wildman–Crippen MR) is 103 cm³/mol. The Morgan fingerprint density at radius 2 is 1.69 bits per heavy atom. The Bertz CT molecular complexity index is 1080. The van der Waals surface area contributed by atoms with Crippen LogP contribution in [-0.2, 0) is 16.9 Å². The van der Waals surface area contributed by atoms with E-state index in [0.717, 1.165) is 16.3 Å². The molecule has 1 N–H and O–H groups in total. The highest BCUT2D eigenvalue weighted by atomic mass is 19.3. The van der Waals surface area contributed by atoms with Crippen molar-refractivity contribution >= 4 is 22.7 Å². The molecule has 1 aliphatic rings. The van der Waals surface area contributed by atoms with Gasteiger partial charge < -0.3 is 10.1 Å². The van der Waals surface area contributed by atoms with Gasteiger partial charge in [-0.15, -0.1) is 0 Å². The normalized spacial score (nSPS) is 19.1. The van der Waals surface area contributed by atoms with E-state index in [-0.39, 0.29) is 12.3 Å². The molecule has 3 aromatic rings. The fourth-order valence-corrected chi connectivity index (χ4v) is 3.61. The third kappa shape index (κ3) is 3.40. The number of hydrogen-bond donors (Lipinski definition) is 1. The van der Waals surface area contributed by atoms with Crippen molar-refractivity contribution in [3.8, 4) is 5.75 Å². The maximum Gasteiger partial charge on any atom is 0.387 e. The fraction of sp³-hybridized carbons (Fsp3) is 0.182. The molecule has 1 atom stereocenters. The maximum atomic E-state index is 13.1. The van der Waals surface area contributed by atoms with Gasteiger partial charge in [0.15, 0.2) is 0 Å². The Hall–Kier alpha value is -3.48. The monoisotopic (exact) mass is 396 g/mol. The number of halogens is 2. The largest absolute Gasteiger partial charge is 0.435 e. The van der Waals surface area contributed by atoms with Gasteiger partial charge in [0, 0.05) is 0 Å². The molecule has 0 bridgehead atoms. The van der Waals surface area contributed by atoms with E-state index in [1.807, 2.05) is 42.5 Å². The first-order valence-electron chi connectivity index (χ1n) is 9.04. The van der Waals surface area contributed by atoms with Gasteiger partial charge in [-0.25, -0.2) is 4.79 Å². The minimum atomic E-state index is -2.93. The zero-order valence-electron chi connectivity index (χ0n) is 15.6. The number of amides is 3. The summed E-state index contributed by atoms with van der Waals surface area (Å²) in [6.07, 6.45) is 0. The van der Waals surface area contributed by atoms with Crippen LogP contribution in [0.3, 0.4) is 0 Å². The van der Waals surface area contributed by atoms with Gasteiger partial charge in [0.1, 0.15) is 11.3 Å². The number of nitrogens with one attached hydrogen (secondary N) is 1. The zero-order valence-corrected chi connectivity index (χ0v) is 15.6. The number of ether oxygens (including phenoxy) is 1. The van der Waals surface area contributed by atoms with Crippen LogP contribution in [0.2, 0.25) is 0 Å². The Balaban J connectivity index is 1.61. The van der Waals surface area contributed by atoms with Crippen molar-refractivity contribution in [3.63, 3.8) is 0 Å². The van der Waals surface area contributed by atoms with Gasteiger partial charge in [0.25, 0.3) is 5.91 Å². The predicted octanol–water partition coefficient (Wildman–Crippen LogP) is 4.41. The molecule has 148 valence electrons. The second-order valence-electron chi connectivity index (χ2n) is 6.99. The third-order valence-electron chi connectivity index (χ3n) is 5.14. The molecule has 5 nitrogen and oxygen atoms in total. The van der Waals surface area contributed by atoms with E-state index in [9.17, 15) is 18.4 Å². The van der Waals surface area contributed by atoms with Crippen molar-refractivity contribution in [1.29, 1.82) is 0 Å². The highest BCUT2D eigenvalue weighted by molar-refractivity contribution is 6.07. The van der Waals surface area contributed by atoms with E-state index in [1.54, 1.807) is 6.92 Å². The molecule has 0 aliphatic carbocycles. The number of nitrogens with zero attached hydrogens (tertiary/aromatic N) is 1. The van der Waals surface area contributed by atoms with Gasteiger partial charge >= 0.3 is 12.6 Å². The van der Waals surface area contributed by atoms with Crippen LogP contribution in [0.4, 0.5) is 13.6 Å². The summed E-state index contributed by atoms with van der Waals surface area (Å²) in [5, 5.41) is 4.72. The van der Waals surface area contributed by atoms with Crippen LogP contribution in [-0.4, -0.2) is 23.4 Å². The number of carbonyl (C=O) groups excluding carboxylic acids is 2. The summed E-state index contributed by atoms with van der Waals surface area (Å²) in [4.78, 5) is 26.9. The van der Waals surface area contributed by atoms with E-state index in [1.165, 1.54) is 29.2 Å². The quantitative estimate of drug-likeness (QED) is 0.650. The molecular formula is C22H18F2N2O3. The van der Waals surface area contributed by atoms with Crippen molar-refractivity contribution in [2.75, 3.05) is 0 Å². The van der Waals surface area contributed by atoms with Gasteiger partial charge in [-0.05, 0) is 41.0 Å². The van der Waals surface area contributed by atoms with E-state index < -0.39 is 24.1 Å². The molecule has 0 saturated carbocycles.